The van der Waals surface area contributed by atoms with Crippen LogP contribution in [0.3, 0.4) is 0 Å². The molecule has 0 spiro atoms. The van der Waals surface area contributed by atoms with Crippen LogP contribution in [0.25, 0.3) is 0 Å². The van der Waals surface area contributed by atoms with Crippen LogP contribution in [-0.4, -0.2) is 16.4 Å². The fourth-order valence-corrected chi connectivity index (χ4v) is 3.09. The van der Waals surface area contributed by atoms with Gasteiger partial charge in [0.15, 0.2) is 0 Å². The van der Waals surface area contributed by atoms with E-state index < -0.39 is 0 Å². The van der Waals surface area contributed by atoms with Crippen LogP contribution in [0.2, 0.25) is 0 Å². The highest BCUT2D eigenvalue weighted by Gasteiger charge is 2.13. The van der Waals surface area contributed by atoms with E-state index in [-0.39, 0.29) is 0 Å². The van der Waals surface area contributed by atoms with Crippen molar-refractivity contribution in [3.8, 4) is 0 Å². The lowest BCUT2D eigenvalue weighted by Gasteiger charge is -2.20. The van der Waals surface area contributed by atoms with E-state index in [0.717, 1.165) is 12.8 Å². The minimum absolute atomic E-state index is 0.534. The van der Waals surface area contributed by atoms with Crippen molar-refractivity contribution in [3.63, 3.8) is 0 Å². The van der Waals surface area contributed by atoms with Gasteiger partial charge in [-0.25, -0.2) is 0 Å². The van der Waals surface area contributed by atoms with Gasteiger partial charge in [0.25, 0.3) is 0 Å². The second kappa shape index (κ2) is 7.26. The molecule has 0 bridgehead atoms. The molecule has 1 aromatic carbocycles. The molecule has 110 valence electrons. The van der Waals surface area contributed by atoms with Crippen molar-refractivity contribution in [2.75, 3.05) is 0 Å². The lowest BCUT2D eigenvalue weighted by molar-refractivity contribution is 0.442. The average Bonchev–Trinajstić information content (AvgIpc) is 3.08. The topological polar surface area (TPSA) is 17.3 Å². The van der Waals surface area contributed by atoms with Crippen LogP contribution in [0.15, 0.2) is 59.9 Å². The summed E-state index contributed by atoms with van der Waals surface area (Å²) in [7, 11) is 0. The molecule has 2 aromatic rings. The molecular weight excluding hydrogens is 256 g/mol. The largest absolute Gasteiger partial charge is 0.312 e. The second-order valence-corrected chi connectivity index (χ2v) is 5.91. The van der Waals surface area contributed by atoms with E-state index in [1.54, 1.807) is 0 Å². The first-order chi connectivity index (χ1) is 10.4. The van der Waals surface area contributed by atoms with Crippen molar-refractivity contribution in [2.45, 2.75) is 51.0 Å². The van der Waals surface area contributed by atoms with Crippen molar-refractivity contribution in [3.05, 3.63) is 60.4 Å². The maximum absolute atomic E-state index is 5.07. The summed E-state index contributed by atoms with van der Waals surface area (Å²) >= 11 is 0. The van der Waals surface area contributed by atoms with Crippen molar-refractivity contribution in [1.29, 1.82) is 0 Å². The van der Waals surface area contributed by atoms with E-state index >= 15 is 0 Å². The first-order valence-electron chi connectivity index (χ1n) is 8.16. The van der Waals surface area contributed by atoms with E-state index in [4.69, 9.17) is 4.99 Å². The molecule has 0 unspecified atom stereocenters. The molecule has 2 heteroatoms. The van der Waals surface area contributed by atoms with E-state index in [0.29, 0.717) is 6.04 Å². The summed E-state index contributed by atoms with van der Waals surface area (Å²) in [6.07, 6.45) is 12.9. The fraction of sp³-hybridized carbons (Fsp3) is 0.421. The van der Waals surface area contributed by atoms with E-state index in [1.807, 2.05) is 0 Å². The summed E-state index contributed by atoms with van der Waals surface area (Å²) in [4.78, 5) is 5.07. The van der Waals surface area contributed by atoms with Crippen molar-refractivity contribution in [1.82, 2.24) is 4.57 Å². The van der Waals surface area contributed by atoms with Gasteiger partial charge >= 0.3 is 0 Å². The Morgan fingerprint density at radius 1 is 0.952 bits per heavy atom. The molecule has 3 rings (SSSR count). The molecule has 0 N–H and O–H groups in total. The first-order valence-corrected chi connectivity index (χ1v) is 8.16. The predicted octanol–water partition coefficient (Wildman–Crippen LogP) is 4.70. The van der Waals surface area contributed by atoms with Crippen LogP contribution >= 0.6 is 0 Å². The third kappa shape index (κ3) is 4.07. The van der Waals surface area contributed by atoms with Crippen LogP contribution in [0.4, 0.5) is 0 Å². The Labute approximate surface area is 127 Å². The van der Waals surface area contributed by atoms with Crippen molar-refractivity contribution >= 4 is 5.84 Å². The molecule has 21 heavy (non-hydrogen) atoms. The van der Waals surface area contributed by atoms with Gasteiger partial charge in [-0.05, 0) is 37.0 Å². The Hall–Kier alpha value is -1.83. The van der Waals surface area contributed by atoms with Gasteiger partial charge in [-0.3, -0.25) is 4.99 Å². The summed E-state index contributed by atoms with van der Waals surface area (Å²) < 4.78 is 2.19. The van der Waals surface area contributed by atoms with Gasteiger partial charge in [0.1, 0.15) is 5.84 Å². The Balaban J connectivity index is 1.71. The SMILES string of the molecule is c1ccc(CCC(=NC2CCCCC2)n2cccc2)cc1. The van der Waals surface area contributed by atoms with Crippen LogP contribution in [0.5, 0.6) is 0 Å². The second-order valence-electron chi connectivity index (χ2n) is 5.91. The molecule has 1 saturated carbocycles. The minimum Gasteiger partial charge on any atom is -0.312 e. The van der Waals surface area contributed by atoms with Crippen LogP contribution in [0, 0.1) is 0 Å². The number of benzene rings is 1. The number of nitrogens with zero attached hydrogens (tertiary/aromatic N) is 2. The van der Waals surface area contributed by atoms with E-state index in [9.17, 15) is 0 Å². The molecular formula is C19H24N2. The van der Waals surface area contributed by atoms with Crippen molar-refractivity contribution < 1.29 is 0 Å². The molecule has 0 atom stereocenters. The standard InChI is InChI=1S/C19H24N2/c1-3-9-17(10-4-1)13-14-19(21-15-7-8-16-21)20-18-11-5-2-6-12-18/h1,3-4,7-10,15-16,18H,2,5-6,11-14H2. The zero-order chi connectivity index (χ0) is 14.3. The van der Waals surface area contributed by atoms with Crippen LogP contribution in [-0.2, 0) is 6.42 Å². The molecule has 0 radical (unpaired) electrons. The molecule has 0 saturated heterocycles. The van der Waals surface area contributed by atoms with Crippen molar-refractivity contribution in [2.24, 2.45) is 4.99 Å². The lowest BCUT2D eigenvalue weighted by atomic mass is 9.96. The minimum atomic E-state index is 0.534. The Bertz CT molecular complexity index is 549. The smallest absolute Gasteiger partial charge is 0.108 e. The maximum Gasteiger partial charge on any atom is 0.108 e. The van der Waals surface area contributed by atoms with Crippen LogP contribution in [0.1, 0.15) is 44.1 Å². The maximum atomic E-state index is 5.07. The van der Waals surface area contributed by atoms with Crippen LogP contribution < -0.4 is 0 Å². The number of aliphatic imine (C=N–C) groups is 1. The van der Waals surface area contributed by atoms with E-state index in [2.05, 4.69) is 59.4 Å². The summed E-state index contributed by atoms with van der Waals surface area (Å²) in [6.45, 7) is 0. The molecule has 1 aliphatic rings. The Morgan fingerprint density at radius 2 is 1.67 bits per heavy atom. The molecule has 1 heterocycles. The zero-order valence-corrected chi connectivity index (χ0v) is 12.6. The van der Waals surface area contributed by atoms with Gasteiger partial charge in [0.2, 0.25) is 0 Å². The molecule has 1 fully saturated rings. The summed E-state index contributed by atoms with van der Waals surface area (Å²) in [6, 6.07) is 15.4. The fourth-order valence-electron chi connectivity index (χ4n) is 3.09. The number of aromatic nitrogens is 1. The molecule has 0 amide bonds. The monoisotopic (exact) mass is 280 g/mol. The normalized spacial score (nSPS) is 17.0. The molecule has 2 nitrogen and oxygen atoms in total. The highest BCUT2D eigenvalue weighted by atomic mass is 15.0. The molecule has 1 aromatic heterocycles. The average molecular weight is 280 g/mol. The Kier molecular flexibility index (Phi) is 4.88. The third-order valence-electron chi connectivity index (χ3n) is 4.29. The van der Waals surface area contributed by atoms with Gasteiger partial charge in [-0.15, -0.1) is 0 Å². The summed E-state index contributed by atoms with van der Waals surface area (Å²) in [5, 5.41) is 0. The summed E-state index contributed by atoms with van der Waals surface area (Å²) in [5.74, 6) is 1.22. The van der Waals surface area contributed by atoms with Gasteiger partial charge in [-0.2, -0.15) is 0 Å². The van der Waals surface area contributed by atoms with E-state index in [1.165, 1.54) is 43.5 Å². The summed E-state index contributed by atoms with van der Waals surface area (Å²) in [5.41, 5.74) is 1.39. The lowest BCUT2D eigenvalue weighted by Crippen LogP contribution is -2.18. The predicted molar refractivity (Wildman–Crippen MR) is 88.9 cm³/mol. The van der Waals surface area contributed by atoms with Gasteiger partial charge in [-0.1, -0.05) is 49.6 Å². The molecule has 0 aliphatic heterocycles. The zero-order valence-electron chi connectivity index (χ0n) is 12.6. The quantitative estimate of drug-likeness (QED) is 0.570. The third-order valence-corrected chi connectivity index (χ3v) is 4.29. The van der Waals surface area contributed by atoms with Gasteiger partial charge in [0.05, 0.1) is 6.04 Å². The highest BCUT2D eigenvalue weighted by Crippen LogP contribution is 2.21. The highest BCUT2D eigenvalue weighted by molar-refractivity contribution is 5.85. The Morgan fingerprint density at radius 3 is 2.38 bits per heavy atom. The number of hydrogen-bond donors (Lipinski definition) is 0. The van der Waals surface area contributed by atoms with Gasteiger partial charge < -0.3 is 4.57 Å². The number of aryl methyl sites for hydroxylation is 1. The first kappa shape index (κ1) is 14.1. The van der Waals surface area contributed by atoms with Gasteiger partial charge in [0, 0.05) is 18.8 Å². The molecule has 1 aliphatic carbocycles. The number of hydrogen-bond acceptors (Lipinski definition) is 1. The number of rotatable bonds is 4.